The van der Waals surface area contributed by atoms with Gasteiger partial charge in [0.15, 0.2) is 0 Å². The molecular formula is C16H22FNO2. The molecule has 20 heavy (non-hydrogen) atoms. The first-order valence-corrected chi connectivity index (χ1v) is 7.49. The van der Waals surface area contributed by atoms with Crippen molar-refractivity contribution in [2.75, 3.05) is 19.7 Å². The zero-order valence-electron chi connectivity index (χ0n) is 11.7. The van der Waals surface area contributed by atoms with Crippen LogP contribution in [0.15, 0.2) is 24.3 Å². The lowest BCUT2D eigenvalue weighted by Crippen LogP contribution is -2.52. The number of piperidine rings is 1. The number of halogens is 1. The van der Waals surface area contributed by atoms with Gasteiger partial charge in [-0.05, 0) is 49.9 Å². The quantitative estimate of drug-likeness (QED) is 0.919. The molecule has 1 saturated heterocycles. The van der Waals surface area contributed by atoms with Crippen LogP contribution in [0.2, 0.25) is 0 Å². The van der Waals surface area contributed by atoms with Gasteiger partial charge in [0.2, 0.25) is 0 Å². The minimum absolute atomic E-state index is 0.273. The van der Waals surface area contributed by atoms with Gasteiger partial charge in [-0.2, -0.15) is 0 Å². The normalized spacial score (nSPS) is 23.3. The Bertz CT molecular complexity index is 436. The van der Waals surface area contributed by atoms with Crippen molar-refractivity contribution in [2.24, 2.45) is 0 Å². The molecule has 1 aromatic carbocycles. The van der Waals surface area contributed by atoms with Crippen molar-refractivity contribution in [3.63, 3.8) is 0 Å². The van der Waals surface area contributed by atoms with Crippen molar-refractivity contribution in [1.29, 1.82) is 0 Å². The largest absolute Gasteiger partial charge is 0.491 e. The molecule has 0 bridgehead atoms. The summed E-state index contributed by atoms with van der Waals surface area (Å²) in [6, 6.07) is 6.69. The third-order valence-electron chi connectivity index (χ3n) is 4.64. The van der Waals surface area contributed by atoms with Crippen LogP contribution < -0.4 is 4.74 Å². The molecule has 2 aliphatic rings. The number of aliphatic hydroxyl groups is 1. The lowest BCUT2D eigenvalue weighted by atomic mass is 9.86. The SMILES string of the molecule is OC1(COc2ccc(F)cc2)CCN(C2CCC2)CC1. The first-order chi connectivity index (χ1) is 9.65. The van der Waals surface area contributed by atoms with Gasteiger partial charge in [0.05, 0.1) is 0 Å². The predicted molar refractivity (Wildman–Crippen MR) is 75.3 cm³/mol. The van der Waals surface area contributed by atoms with Gasteiger partial charge in [0.25, 0.3) is 0 Å². The molecule has 1 aliphatic heterocycles. The summed E-state index contributed by atoms with van der Waals surface area (Å²) >= 11 is 0. The highest BCUT2D eigenvalue weighted by Crippen LogP contribution is 2.31. The predicted octanol–water partition coefficient (Wildman–Crippen LogP) is 2.58. The van der Waals surface area contributed by atoms with Crippen molar-refractivity contribution >= 4 is 0 Å². The molecule has 2 fully saturated rings. The summed E-state index contributed by atoms with van der Waals surface area (Å²) in [6.45, 7) is 2.19. The van der Waals surface area contributed by atoms with Crippen molar-refractivity contribution in [3.05, 3.63) is 30.1 Å². The van der Waals surface area contributed by atoms with Crippen LogP contribution in [0.25, 0.3) is 0 Å². The molecular weight excluding hydrogens is 257 g/mol. The smallest absolute Gasteiger partial charge is 0.123 e. The number of hydrogen-bond acceptors (Lipinski definition) is 3. The van der Waals surface area contributed by atoms with Crippen molar-refractivity contribution in [3.8, 4) is 5.75 Å². The van der Waals surface area contributed by atoms with Gasteiger partial charge >= 0.3 is 0 Å². The van der Waals surface area contributed by atoms with E-state index in [1.54, 1.807) is 12.1 Å². The molecule has 1 saturated carbocycles. The lowest BCUT2D eigenvalue weighted by molar-refractivity contribution is -0.0654. The Labute approximate surface area is 119 Å². The monoisotopic (exact) mass is 279 g/mol. The molecule has 3 nitrogen and oxygen atoms in total. The highest BCUT2D eigenvalue weighted by atomic mass is 19.1. The maximum atomic E-state index is 12.8. The summed E-state index contributed by atoms with van der Waals surface area (Å²) in [5, 5.41) is 10.6. The van der Waals surface area contributed by atoms with Gasteiger partial charge in [-0.25, -0.2) is 4.39 Å². The van der Waals surface area contributed by atoms with E-state index < -0.39 is 5.60 Å². The van der Waals surface area contributed by atoms with E-state index >= 15 is 0 Å². The molecule has 0 atom stereocenters. The second-order valence-corrected chi connectivity index (χ2v) is 6.09. The molecule has 0 amide bonds. The Kier molecular flexibility index (Phi) is 3.94. The zero-order chi connectivity index (χ0) is 14.0. The Balaban J connectivity index is 1.48. The first-order valence-electron chi connectivity index (χ1n) is 7.49. The molecule has 1 heterocycles. The van der Waals surface area contributed by atoms with Crippen molar-refractivity contribution < 1.29 is 14.2 Å². The minimum atomic E-state index is -0.741. The molecule has 1 N–H and O–H groups in total. The minimum Gasteiger partial charge on any atom is -0.491 e. The number of ether oxygens (including phenoxy) is 1. The van der Waals surface area contributed by atoms with Crippen LogP contribution in [0, 0.1) is 5.82 Å². The standard InChI is InChI=1S/C16H22FNO2/c17-13-4-6-15(7-5-13)20-12-16(19)8-10-18(11-9-16)14-2-1-3-14/h4-7,14,19H,1-3,8-12H2. The molecule has 0 aromatic heterocycles. The van der Waals surface area contributed by atoms with Crippen molar-refractivity contribution in [2.45, 2.75) is 43.7 Å². The molecule has 110 valence electrons. The van der Waals surface area contributed by atoms with Crippen LogP contribution in [-0.2, 0) is 0 Å². The van der Waals surface area contributed by atoms with Gasteiger partial charge < -0.3 is 14.7 Å². The van der Waals surface area contributed by atoms with Gasteiger partial charge in [0, 0.05) is 19.1 Å². The van der Waals surface area contributed by atoms with E-state index in [9.17, 15) is 9.50 Å². The van der Waals surface area contributed by atoms with E-state index in [1.165, 1.54) is 31.4 Å². The molecule has 3 rings (SSSR count). The van der Waals surface area contributed by atoms with Crippen molar-refractivity contribution in [1.82, 2.24) is 4.90 Å². The van der Waals surface area contributed by atoms with E-state index in [2.05, 4.69) is 4.90 Å². The fourth-order valence-electron chi connectivity index (χ4n) is 2.95. The maximum Gasteiger partial charge on any atom is 0.123 e. The van der Waals surface area contributed by atoms with E-state index in [1.807, 2.05) is 0 Å². The van der Waals surface area contributed by atoms with Crippen LogP contribution in [0.4, 0.5) is 4.39 Å². The van der Waals surface area contributed by atoms with E-state index in [-0.39, 0.29) is 12.4 Å². The average Bonchev–Trinajstić information content (AvgIpc) is 2.39. The summed E-state index contributed by atoms with van der Waals surface area (Å²) < 4.78 is 18.4. The first kappa shape index (κ1) is 13.8. The summed E-state index contributed by atoms with van der Waals surface area (Å²) in [5.41, 5.74) is -0.741. The van der Waals surface area contributed by atoms with Crippen LogP contribution in [-0.4, -0.2) is 41.3 Å². The van der Waals surface area contributed by atoms with Crippen LogP contribution in [0.5, 0.6) is 5.75 Å². The number of likely N-dealkylation sites (tertiary alicyclic amines) is 1. The molecule has 0 spiro atoms. The second-order valence-electron chi connectivity index (χ2n) is 6.09. The Morgan fingerprint density at radius 2 is 1.85 bits per heavy atom. The summed E-state index contributed by atoms with van der Waals surface area (Å²) in [4.78, 5) is 2.50. The topological polar surface area (TPSA) is 32.7 Å². The third-order valence-corrected chi connectivity index (χ3v) is 4.64. The molecule has 0 unspecified atom stereocenters. The number of hydrogen-bond donors (Lipinski definition) is 1. The fraction of sp³-hybridized carbons (Fsp3) is 0.625. The molecule has 0 radical (unpaired) electrons. The molecule has 1 aliphatic carbocycles. The third kappa shape index (κ3) is 3.13. The zero-order valence-corrected chi connectivity index (χ0v) is 11.7. The Morgan fingerprint density at radius 1 is 1.20 bits per heavy atom. The Hall–Kier alpha value is -1.13. The molecule has 4 heteroatoms. The van der Waals surface area contributed by atoms with Crippen LogP contribution in [0.3, 0.4) is 0 Å². The fourth-order valence-corrected chi connectivity index (χ4v) is 2.95. The van der Waals surface area contributed by atoms with Gasteiger partial charge in [-0.15, -0.1) is 0 Å². The van der Waals surface area contributed by atoms with E-state index in [0.29, 0.717) is 5.75 Å². The number of nitrogens with zero attached hydrogens (tertiary/aromatic N) is 1. The molecule has 1 aromatic rings. The number of rotatable bonds is 4. The summed E-state index contributed by atoms with van der Waals surface area (Å²) in [5.74, 6) is 0.339. The number of benzene rings is 1. The average molecular weight is 279 g/mol. The van der Waals surface area contributed by atoms with Gasteiger partial charge in [-0.3, -0.25) is 0 Å². The van der Waals surface area contributed by atoms with E-state index in [0.717, 1.165) is 32.0 Å². The van der Waals surface area contributed by atoms with Crippen LogP contribution >= 0.6 is 0 Å². The van der Waals surface area contributed by atoms with Crippen LogP contribution in [0.1, 0.15) is 32.1 Å². The maximum absolute atomic E-state index is 12.8. The summed E-state index contributed by atoms with van der Waals surface area (Å²) in [6.07, 6.45) is 5.48. The van der Waals surface area contributed by atoms with Gasteiger partial charge in [0.1, 0.15) is 23.8 Å². The lowest BCUT2D eigenvalue weighted by Gasteiger charge is -2.44. The summed E-state index contributed by atoms with van der Waals surface area (Å²) in [7, 11) is 0. The van der Waals surface area contributed by atoms with E-state index in [4.69, 9.17) is 4.74 Å². The highest BCUT2D eigenvalue weighted by Gasteiger charge is 2.36. The van der Waals surface area contributed by atoms with Gasteiger partial charge in [-0.1, -0.05) is 6.42 Å². The Morgan fingerprint density at radius 3 is 2.40 bits per heavy atom. The second kappa shape index (κ2) is 5.70. The highest BCUT2D eigenvalue weighted by molar-refractivity contribution is 5.22.